The van der Waals surface area contributed by atoms with Crippen molar-refractivity contribution in [3.8, 4) is 23.0 Å². The second kappa shape index (κ2) is 12.4. The third kappa shape index (κ3) is 6.01. The average molecular weight is 566 g/mol. The van der Waals surface area contributed by atoms with Crippen molar-refractivity contribution in [1.82, 2.24) is 19.8 Å². The Kier molecular flexibility index (Phi) is 8.31. The smallest absolute Gasteiger partial charge is 0.231 e. The van der Waals surface area contributed by atoms with Gasteiger partial charge in [-0.1, -0.05) is 18.3 Å². The van der Waals surface area contributed by atoms with Gasteiger partial charge in [-0.15, -0.1) is 0 Å². The van der Waals surface area contributed by atoms with Crippen LogP contribution in [0.1, 0.15) is 12.0 Å². The lowest BCUT2D eigenvalue weighted by Gasteiger charge is -2.37. The number of morpholine rings is 1. The monoisotopic (exact) mass is 565 g/mol. The number of nitrogens with zero attached hydrogens (tertiary/aromatic N) is 5. The predicted molar refractivity (Wildman–Crippen MR) is 156 cm³/mol. The number of aryl methyl sites for hydroxylation is 1. The third-order valence-electron chi connectivity index (χ3n) is 7.66. The lowest BCUT2D eigenvalue weighted by molar-refractivity contribution is 0.0321. The summed E-state index contributed by atoms with van der Waals surface area (Å²) in [6, 6.07) is 10.1. The number of benzene rings is 2. The first-order valence-electron chi connectivity index (χ1n) is 13.8. The summed E-state index contributed by atoms with van der Waals surface area (Å²) in [5, 5.41) is 0.957. The maximum absolute atomic E-state index is 6.13. The van der Waals surface area contributed by atoms with E-state index in [0.29, 0.717) is 24.9 Å². The highest BCUT2D eigenvalue weighted by molar-refractivity contribution is 7.80. The molecule has 11 heteroatoms. The van der Waals surface area contributed by atoms with E-state index in [4.69, 9.17) is 35.9 Å². The summed E-state index contributed by atoms with van der Waals surface area (Å²) in [5.41, 5.74) is 2.05. The Balaban J connectivity index is 1.06. The molecule has 2 saturated heterocycles. The number of fused-ring (bicyclic) bond motifs is 2. The van der Waals surface area contributed by atoms with Gasteiger partial charge in [0.2, 0.25) is 6.79 Å². The third-order valence-corrected chi connectivity index (χ3v) is 8.13. The molecule has 2 aromatic carbocycles. The quantitative estimate of drug-likeness (QED) is 0.359. The molecule has 0 unspecified atom stereocenters. The molecule has 0 N–H and O–H groups in total. The van der Waals surface area contributed by atoms with Gasteiger partial charge in [-0.3, -0.25) is 4.90 Å². The van der Waals surface area contributed by atoms with E-state index in [0.717, 1.165) is 105 Å². The van der Waals surface area contributed by atoms with E-state index in [2.05, 4.69) is 36.8 Å². The Morgan fingerprint density at radius 1 is 0.950 bits per heavy atom. The number of rotatable bonds is 9. The van der Waals surface area contributed by atoms with Crippen molar-refractivity contribution in [2.75, 3.05) is 84.4 Å². The molecule has 1 aromatic heterocycles. The Labute approximate surface area is 239 Å². The molecule has 4 heterocycles. The highest BCUT2D eigenvalue weighted by atomic mass is 32.1. The number of aromatic nitrogens is 2. The van der Waals surface area contributed by atoms with E-state index in [1.54, 1.807) is 13.4 Å². The molecule has 0 aliphatic carbocycles. The van der Waals surface area contributed by atoms with Gasteiger partial charge in [0.25, 0.3) is 0 Å². The van der Waals surface area contributed by atoms with Crippen molar-refractivity contribution in [2.45, 2.75) is 12.8 Å². The summed E-state index contributed by atoms with van der Waals surface area (Å²) in [6.07, 6.45) is 3.34. The van der Waals surface area contributed by atoms with Gasteiger partial charge >= 0.3 is 0 Å². The Morgan fingerprint density at radius 2 is 1.77 bits per heavy atom. The number of anilines is 1. The van der Waals surface area contributed by atoms with E-state index in [1.165, 1.54) is 5.56 Å². The van der Waals surface area contributed by atoms with Crippen LogP contribution in [0.3, 0.4) is 0 Å². The highest BCUT2D eigenvalue weighted by Crippen LogP contribution is 2.36. The van der Waals surface area contributed by atoms with Crippen molar-refractivity contribution in [1.29, 1.82) is 0 Å². The molecule has 0 atom stereocenters. The Hall–Kier alpha value is -3.41. The fourth-order valence-corrected chi connectivity index (χ4v) is 5.64. The molecule has 2 fully saturated rings. The van der Waals surface area contributed by atoms with E-state index in [1.807, 2.05) is 18.2 Å². The summed E-state index contributed by atoms with van der Waals surface area (Å²) >= 11 is 5.81. The minimum absolute atomic E-state index is 0.292. The summed E-state index contributed by atoms with van der Waals surface area (Å²) in [6.45, 7) is 8.52. The molecule has 212 valence electrons. The van der Waals surface area contributed by atoms with Crippen LogP contribution in [-0.4, -0.2) is 104 Å². The first-order chi connectivity index (χ1) is 19.7. The van der Waals surface area contributed by atoms with Crippen molar-refractivity contribution in [2.24, 2.45) is 0 Å². The Morgan fingerprint density at radius 3 is 2.60 bits per heavy atom. The zero-order chi connectivity index (χ0) is 27.3. The number of methoxy groups -OCH3 is 1. The van der Waals surface area contributed by atoms with Crippen LogP contribution in [0.5, 0.6) is 23.0 Å². The van der Waals surface area contributed by atoms with Crippen LogP contribution >= 0.6 is 12.2 Å². The normalized spacial score (nSPS) is 17.3. The predicted octanol–water partition coefficient (Wildman–Crippen LogP) is 3.16. The summed E-state index contributed by atoms with van der Waals surface area (Å²) in [7, 11) is 1.67. The van der Waals surface area contributed by atoms with E-state index in [-0.39, 0.29) is 0 Å². The average Bonchev–Trinajstić information content (AvgIpc) is 3.48. The molecule has 0 amide bonds. The molecular formula is C29H35N5O5S. The molecule has 0 bridgehead atoms. The van der Waals surface area contributed by atoms with Crippen LogP contribution in [-0.2, 0) is 11.2 Å². The van der Waals surface area contributed by atoms with Gasteiger partial charge in [-0.25, -0.2) is 9.97 Å². The molecule has 3 aliphatic heterocycles. The van der Waals surface area contributed by atoms with Crippen molar-refractivity contribution in [3.05, 3.63) is 42.2 Å². The topological polar surface area (TPSA) is 81.7 Å². The summed E-state index contributed by atoms with van der Waals surface area (Å²) in [4.78, 5) is 17.2. The van der Waals surface area contributed by atoms with Gasteiger partial charge in [0.05, 0.1) is 30.8 Å². The van der Waals surface area contributed by atoms with Gasteiger partial charge in [0.1, 0.15) is 18.8 Å². The van der Waals surface area contributed by atoms with Crippen LogP contribution < -0.4 is 23.8 Å². The largest absolute Gasteiger partial charge is 0.493 e. The number of thiocarbonyl (C=S) groups is 1. The van der Waals surface area contributed by atoms with Crippen LogP contribution in [0.25, 0.3) is 10.9 Å². The van der Waals surface area contributed by atoms with Gasteiger partial charge in [-0.05, 0) is 30.2 Å². The molecule has 40 heavy (non-hydrogen) atoms. The van der Waals surface area contributed by atoms with Gasteiger partial charge < -0.3 is 33.5 Å². The number of hydrogen-bond donors (Lipinski definition) is 0. The van der Waals surface area contributed by atoms with Crippen LogP contribution in [0.15, 0.2) is 36.7 Å². The van der Waals surface area contributed by atoms with Gasteiger partial charge in [0.15, 0.2) is 23.0 Å². The number of ether oxygens (including phenoxy) is 5. The molecule has 0 saturated carbocycles. The van der Waals surface area contributed by atoms with Crippen LogP contribution in [0.2, 0.25) is 0 Å². The highest BCUT2D eigenvalue weighted by Gasteiger charge is 2.23. The van der Waals surface area contributed by atoms with Crippen molar-refractivity contribution in [3.63, 3.8) is 0 Å². The zero-order valence-corrected chi connectivity index (χ0v) is 23.7. The van der Waals surface area contributed by atoms with E-state index < -0.39 is 0 Å². The lowest BCUT2D eigenvalue weighted by Crippen LogP contribution is -2.48. The second-order valence-corrected chi connectivity index (χ2v) is 10.5. The van der Waals surface area contributed by atoms with Gasteiger partial charge in [-0.2, -0.15) is 0 Å². The fraction of sp³-hybridized carbons (Fsp3) is 0.483. The fourth-order valence-electron chi connectivity index (χ4n) is 5.36. The molecule has 0 spiro atoms. The minimum Gasteiger partial charge on any atom is -0.493 e. The first kappa shape index (κ1) is 26.8. The number of hydrogen-bond acceptors (Lipinski definition) is 10. The summed E-state index contributed by atoms with van der Waals surface area (Å²) < 4.78 is 28.2. The molecule has 10 nitrogen and oxygen atoms in total. The molecule has 3 aliphatic rings. The van der Waals surface area contributed by atoms with Crippen molar-refractivity contribution < 1.29 is 23.7 Å². The summed E-state index contributed by atoms with van der Waals surface area (Å²) in [5.74, 6) is 3.93. The van der Waals surface area contributed by atoms with E-state index in [9.17, 15) is 0 Å². The standard InChI is InChI=1S/C29H35N5O5S/c1-35-25-17-22-23(18-27(25)37-15-12-32-10-13-36-14-11-32)30-19-31-29(22)34-8-6-33(7-9-34)28(40)5-3-21-2-4-24-26(16-21)39-20-38-24/h2,4,16-19H,3,5-15,20H2,1H3. The first-order valence-corrected chi connectivity index (χ1v) is 14.3. The Bertz CT molecular complexity index is 1340. The zero-order valence-electron chi connectivity index (χ0n) is 22.8. The molecule has 6 rings (SSSR count). The van der Waals surface area contributed by atoms with Crippen LogP contribution in [0, 0.1) is 0 Å². The minimum atomic E-state index is 0.292. The lowest BCUT2D eigenvalue weighted by atomic mass is 10.1. The second-order valence-electron chi connectivity index (χ2n) is 10.1. The van der Waals surface area contributed by atoms with Gasteiger partial charge in [0, 0.05) is 63.7 Å². The van der Waals surface area contributed by atoms with Crippen molar-refractivity contribution >= 4 is 33.9 Å². The van der Waals surface area contributed by atoms with Crippen LogP contribution in [0.4, 0.5) is 5.82 Å². The maximum Gasteiger partial charge on any atom is 0.231 e. The number of piperazine rings is 1. The molecule has 3 aromatic rings. The SMILES string of the molecule is COc1cc2c(N3CCN(C(=S)CCc4ccc5c(c4)OCO5)CC3)ncnc2cc1OCCN1CCOCC1. The maximum atomic E-state index is 6.13. The molecular weight excluding hydrogens is 530 g/mol. The van der Waals surface area contributed by atoms with E-state index >= 15 is 0 Å². The molecule has 0 radical (unpaired) electrons.